The highest BCUT2D eigenvalue weighted by atomic mass is 16.7. The molecular formula is C21H22O6. The molecule has 2 fully saturated rings. The van der Waals surface area contributed by atoms with Crippen LogP contribution in [0.5, 0.6) is 11.5 Å². The molecule has 1 saturated carbocycles. The Balaban J connectivity index is 1.52. The summed E-state index contributed by atoms with van der Waals surface area (Å²) < 4.78 is 23.5. The number of carbonyl (C=O) groups is 1. The van der Waals surface area contributed by atoms with Crippen LogP contribution >= 0.6 is 0 Å². The molecule has 1 N–H and O–H groups in total. The van der Waals surface area contributed by atoms with Crippen LogP contribution in [0.25, 0.3) is 0 Å². The molecule has 27 heavy (non-hydrogen) atoms. The fourth-order valence-corrected chi connectivity index (χ4v) is 3.29. The molecule has 1 heterocycles. The van der Waals surface area contributed by atoms with E-state index in [2.05, 4.69) is 0 Å². The van der Waals surface area contributed by atoms with Crippen molar-refractivity contribution in [3.63, 3.8) is 0 Å². The lowest BCUT2D eigenvalue weighted by Crippen LogP contribution is -2.38. The van der Waals surface area contributed by atoms with E-state index in [0.717, 1.165) is 11.1 Å². The van der Waals surface area contributed by atoms with Crippen LogP contribution in [0.4, 0.5) is 0 Å². The molecule has 0 aromatic heterocycles. The third-order valence-corrected chi connectivity index (χ3v) is 4.86. The highest BCUT2D eigenvalue weighted by Crippen LogP contribution is 2.41. The summed E-state index contributed by atoms with van der Waals surface area (Å²) in [5.41, 5.74) is 1.79. The Bertz CT molecular complexity index is 779. The summed E-state index contributed by atoms with van der Waals surface area (Å²) in [5, 5.41) is 9.05. The first-order valence-corrected chi connectivity index (χ1v) is 9.13. The van der Waals surface area contributed by atoms with Gasteiger partial charge in [-0.1, -0.05) is 36.4 Å². The Labute approximate surface area is 157 Å². The molecule has 6 heteroatoms. The molecule has 2 aliphatic rings. The van der Waals surface area contributed by atoms with E-state index in [4.69, 9.17) is 24.1 Å². The summed E-state index contributed by atoms with van der Waals surface area (Å²) in [6, 6.07) is 15.5. The van der Waals surface area contributed by atoms with E-state index < -0.39 is 12.3 Å². The van der Waals surface area contributed by atoms with Gasteiger partial charge < -0.3 is 24.1 Å². The number of hydrogen-bond acceptors (Lipinski definition) is 5. The van der Waals surface area contributed by atoms with Gasteiger partial charge in [0.05, 0.1) is 24.7 Å². The second kappa shape index (κ2) is 7.98. The van der Waals surface area contributed by atoms with E-state index in [1.165, 1.54) is 0 Å². The van der Waals surface area contributed by atoms with Gasteiger partial charge in [0, 0.05) is 0 Å². The van der Waals surface area contributed by atoms with Crippen molar-refractivity contribution >= 4 is 5.97 Å². The average Bonchev–Trinajstić information content (AvgIpc) is 3.17. The second-order valence-electron chi connectivity index (χ2n) is 6.76. The molecule has 142 valence electrons. The SMILES string of the molecule is O=C(O)C1CC(Oc2cccc(OCc3ccccc3)c2C2OCCO2)C1. The molecule has 0 amide bonds. The molecule has 2 aromatic rings. The van der Waals surface area contributed by atoms with Crippen molar-refractivity contribution in [2.75, 3.05) is 13.2 Å². The Morgan fingerprint density at radius 1 is 1.00 bits per heavy atom. The van der Waals surface area contributed by atoms with Crippen molar-refractivity contribution in [1.82, 2.24) is 0 Å². The van der Waals surface area contributed by atoms with Gasteiger partial charge in [0.15, 0.2) is 6.29 Å². The first-order valence-electron chi connectivity index (χ1n) is 9.13. The molecule has 0 atom stereocenters. The van der Waals surface area contributed by atoms with E-state index in [9.17, 15) is 4.79 Å². The van der Waals surface area contributed by atoms with Gasteiger partial charge >= 0.3 is 5.97 Å². The third kappa shape index (κ3) is 4.07. The molecule has 1 aliphatic carbocycles. The molecule has 1 aliphatic heterocycles. The van der Waals surface area contributed by atoms with Gasteiger partial charge in [-0.2, -0.15) is 0 Å². The molecule has 1 saturated heterocycles. The van der Waals surface area contributed by atoms with Crippen molar-refractivity contribution in [3.05, 3.63) is 59.7 Å². The highest BCUT2D eigenvalue weighted by molar-refractivity contribution is 5.71. The largest absolute Gasteiger partial charge is 0.490 e. The number of hydrogen-bond donors (Lipinski definition) is 1. The lowest BCUT2D eigenvalue weighted by atomic mass is 9.82. The van der Waals surface area contributed by atoms with Crippen molar-refractivity contribution in [2.24, 2.45) is 5.92 Å². The van der Waals surface area contributed by atoms with E-state index in [1.807, 2.05) is 48.5 Å². The monoisotopic (exact) mass is 370 g/mol. The minimum atomic E-state index is -0.766. The van der Waals surface area contributed by atoms with Crippen LogP contribution in [0.2, 0.25) is 0 Å². The van der Waals surface area contributed by atoms with Crippen LogP contribution in [-0.2, 0) is 20.9 Å². The maximum Gasteiger partial charge on any atom is 0.306 e. The Morgan fingerprint density at radius 3 is 2.41 bits per heavy atom. The smallest absolute Gasteiger partial charge is 0.306 e. The maximum atomic E-state index is 11.0. The fraction of sp³-hybridized carbons (Fsp3) is 0.381. The van der Waals surface area contributed by atoms with Crippen molar-refractivity contribution in [2.45, 2.75) is 31.8 Å². The third-order valence-electron chi connectivity index (χ3n) is 4.86. The van der Waals surface area contributed by atoms with Crippen molar-refractivity contribution < 1.29 is 28.8 Å². The predicted octanol–water partition coefficient (Wildman–Crippen LogP) is 3.55. The minimum absolute atomic E-state index is 0.115. The van der Waals surface area contributed by atoms with E-state index >= 15 is 0 Å². The number of benzene rings is 2. The zero-order chi connectivity index (χ0) is 18.6. The summed E-state index contributed by atoms with van der Waals surface area (Å²) >= 11 is 0. The van der Waals surface area contributed by atoms with Gasteiger partial charge in [-0.05, 0) is 30.5 Å². The zero-order valence-corrected chi connectivity index (χ0v) is 14.9. The first-order chi connectivity index (χ1) is 13.2. The molecule has 4 rings (SSSR count). The van der Waals surface area contributed by atoms with Gasteiger partial charge in [-0.25, -0.2) is 0 Å². The van der Waals surface area contributed by atoms with Crippen molar-refractivity contribution in [3.8, 4) is 11.5 Å². The van der Waals surface area contributed by atoms with Gasteiger partial charge in [0.25, 0.3) is 0 Å². The highest BCUT2D eigenvalue weighted by Gasteiger charge is 2.37. The first kappa shape index (κ1) is 17.8. The molecule has 0 radical (unpaired) electrons. The van der Waals surface area contributed by atoms with E-state index in [-0.39, 0.29) is 12.0 Å². The Morgan fingerprint density at radius 2 is 1.70 bits per heavy atom. The van der Waals surface area contributed by atoms with Crippen LogP contribution in [0.3, 0.4) is 0 Å². The summed E-state index contributed by atoms with van der Waals surface area (Å²) in [6.45, 7) is 1.46. The topological polar surface area (TPSA) is 74.2 Å². The molecule has 0 unspecified atom stereocenters. The molecular weight excluding hydrogens is 348 g/mol. The normalized spacial score (nSPS) is 22.2. The van der Waals surface area contributed by atoms with Crippen LogP contribution in [0, 0.1) is 5.92 Å². The van der Waals surface area contributed by atoms with Gasteiger partial charge in [-0.15, -0.1) is 0 Å². The molecule has 2 aromatic carbocycles. The van der Waals surface area contributed by atoms with Gasteiger partial charge in [-0.3, -0.25) is 4.79 Å². The maximum absolute atomic E-state index is 11.0. The Kier molecular flexibility index (Phi) is 5.27. The van der Waals surface area contributed by atoms with Crippen LogP contribution < -0.4 is 9.47 Å². The number of carboxylic acid groups (broad SMARTS) is 1. The number of rotatable bonds is 7. The molecule has 0 bridgehead atoms. The fourth-order valence-electron chi connectivity index (χ4n) is 3.29. The van der Waals surface area contributed by atoms with Crippen molar-refractivity contribution in [1.29, 1.82) is 0 Å². The van der Waals surface area contributed by atoms with Crippen LogP contribution in [0.1, 0.15) is 30.3 Å². The summed E-state index contributed by atoms with van der Waals surface area (Å²) in [4.78, 5) is 11.0. The van der Waals surface area contributed by atoms with E-state index in [0.29, 0.717) is 44.2 Å². The summed E-state index contributed by atoms with van der Waals surface area (Å²) in [6.07, 6.45) is 0.366. The molecule has 6 nitrogen and oxygen atoms in total. The number of ether oxygens (including phenoxy) is 4. The minimum Gasteiger partial charge on any atom is -0.490 e. The van der Waals surface area contributed by atoms with Crippen LogP contribution in [-0.4, -0.2) is 30.4 Å². The lowest BCUT2D eigenvalue weighted by Gasteiger charge is -2.33. The lowest BCUT2D eigenvalue weighted by molar-refractivity contribution is -0.148. The quantitative estimate of drug-likeness (QED) is 0.803. The van der Waals surface area contributed by atoms with Crippen LogP contribution in [0.15, 0.2) is 48.5 Å². The van der Waals surface area contributed by atoms with E-state index in [1.54, 1.807) is 0 Å². The average molecular weight is 370 g/mol. The summed E-state index contributed by atoms with van der Waals surface area (Å²) in [5.74, 6) is 0.186. The molecule has 0 spiro atoms. The number of aliphatic carboxylic acids is 1. The zero-order valence-electron chi connectivity index (χ0n) is 14.9. The van der Waals surface area contributed by atoms with Gasteiger partial charge in [0.2, 0.25) is 0 Å². The summed E-state index contributed by atoms with van der Waals surface area (Å²) in [7, 11) is 0. The standard InChI is InChI=1S/C21H22O6/c22-20(23)15-11-16(12-15)27-18-8-4-7-17(19(18)21-24-9-10-25-21)26-13-14-5-2-1-3-6-14/h1-8,15-16,21H,9-13H2,(H,22,23). The Hall–Kier alpha value is -2.57. The van der Waals surface area contributed by atoms with Gasteiger partial charge in [0.1, 0.15) is 24.2 Å². The number of carboxylic acids is 1. The second-order valence-corrected chi connectivity index (χ2v) is 6.76. The predicted molar refractivity (Wildman–Crippen MR) is 96.6 cm³/mol.